The van der Waals surface area contributed by atoms with E-state index in [1.165, 1.54) is 18.2 Å². The minimum Gasteiger partial charge on any atom is -0.308 e. The molecule has 0 saturated carbocycles. The van der Waals surface area contributed by atoms with Crippen molar-refractivity contribution in [2.75, 3.05) is 10.6 Å². The number of urea groups is 1. The van der Waals surface area contributed by atoms with Crippen LogP contribution in [0.1, 0.15) is 0 Å². The zero-order valence-corrected chi connectivity index (χ0v) is 12.8. The Labute approximate surface area is 133 Å². The zero-order chi connectivity index (χ0) is 15.4. The Morgan fingerprint density at radius 1 is 1.14 bits per heavy atom. The van der Waals surface area contributed by atoms with E-state index in [4.69, 9.17) is 11.6 Å². The SMILES string of the molecule is O=C(Nc1cccc([N+](=O)[O-])c1)Nc1ccc(Br)c(Cl)c1. The van der Waals surface area contributed by atoms with Gasteiger partial charge in [0.05, 0.1) is 9.95 Å². The van der Waals surface area contributed by atoms with Crippen molar-refractivity contribution >= 4 is 50.6 Å². The topological polar surface area (TPSA) is 84.3 Å². The summed E-state index contributed by atoms with van der Waals surface area (Å²) in [7, 11) is 0. The number of halogens is 2. The molecule has 6 nitrogen and oxygen atoms in total. The van der Waals surface area contributed by atoms with Crippen LogP contribution in [0.3, 0.4) is 0 Å². The Morgan fingerprint density at radius 2 is 1.81 bits per heavy atom. The van der Waals surface area contributed by atoms with Crippen molar-refractivity contribution in [1.82, 2.24) is 0 Å². The molecule has 0 aliphatic carbocycles. The van der Waals surface area contributed by atoms with E-state index in [9.17, 15) is 14.9 Å². The van der Waals surface area contributed by atoms with Crippen molar-refractivity contribution in [2.24, 2.45) is 0 Å². The number of benzene rings is 2. The molecule has 0 aliphatic rings. The third-order valence-electron chi connectivity index (χ3n) is 2.49. The van der Waals surface area contributed by atoms with Crippen molar-refractivity contribution in [3.63, 3.8) is 0 Å². The minimum absolute atomic E-state index is 0.0977. The predicted molar refractivity (Wildman–Crippen MR) is 84.9 cm³/mol. The van der Waals surface area contributed by atoms with Crippen LogP contribution in [0.5, 0.6) is 0 Å². The summed E-state index contributed by atoms with van der Waals surface area (Å²) in [5.41, 5.74) is 0.732. The van der Waals surface area contributed by atoms with E-state index in [1.54, 1.807) is 24.3 Å². The van der Waals surface area contributed by atoms with Gasteiger partial charge >= 0.3 is 6.03 Å². The smallest absolute Gasteiger partial charge is 0.308 e. The fraction of sp³-hybridized carbons (Fsp3) is 0. The van der Waals surface area contributed by atoms with Crippen molar-refractivity contribution < 1.29 is 9.72 Å². The van der Waals surface area contributed by atoms with Crippen LogP contribution in [-0.4, -0.2) is 11.0 Å². The molecule has 8 heteroatoms. The fourth-order valence-electron chi connectivity index (χ4n) is 1.56. The maximum absolute atomic E-state index is 11.8. The van der Waals surface area contributed by atoms with E-state index in [0.29, 0.717) is 20.9 Å². The van der Waals surface area contributed by atoms with Gasteiger partial charge in [-0.15, -0.1) is 0 Å². The van der Waals surface area contributed by atoms with E-state index in [1.807, 2.05) is 0 Å². The number of rotatable bonds is 3. The number of nitro groups is 1. The number of non-ortho nitro benzene ring substituents is 1. The predicted octanol–water partition coefficient (Wildman–Crippen LogP) is 4.65. The molecule has 2 N–H and O–H groups in total. The molecule has 21 heavy (non-hydrogen) atoms. The van der Waals surface area contributed by atoms with Crippen molar-refractivity contribution in [3.8, 4) is 0 Å². The van der Waals surface area contributed by atoms with Crippen LogP contribution >= 0.6 is 27.5 Å². The molecule has 0 spiro atoms. The Kier molecular flexibility index (Phi) is 4.77. The number of carbonyl (C=O) groups excluding carboxylic acids is 1. The van der Waals surface area contributed by atoms with Gasteiger partial charge in [0.25, 0.3) is 5.69 Å². The summed E-state index contributed by atoms with van der Waals surface area (Å²) in [4.78, 5) is 21.9. The molecule has 0 bridgehead atoms. The molecule has 2 aromatic carbocycles. The number of nitro benzene ring substituents is 1. The highest BCUT2D eigenvalue weighted by atomic mass is 79.9. The highest BCUT2D eigenvalue weighted by Crippen LogP contribution is 2.25. The van der Waals surface area contributed by atoms with Gasteiger partial charge in [0.1, 0.15) is 0 Å². The normalized spacial score (nSPS) is 10.0. The van der Waals surface area contributed by atoms with Gasteiger partial charge in [0, 0.05) is 28.0 Å². The number of amides is 2. The summed E-state index contributed by atoms with van der Waals surface area (Å²) < 4.78 is 0.716. The number of nitrogens with one attached hydrogen (secondary N) is 2. The van der Waals surface area contributed by atoms with E-state index in [2.05, 4.69) is 26.6 Å². The molecule has 0 radical (unpaired) electrons. The molecule has 0 fully saturated rings. The Morgan fingerprint density at radius 3 is 2.43 bits per heavy atom. The van der Waals surface area contributed by atoms with Gasteiger partial charge in [-0.25, -0.2) is 4.79 Å². The van der Waals surface area contributed by atoms with E-state index in [0.717, 1.165) is 0 Å². The number of carbonyl (C=O) groups is 1. The van der Waals surface area contributed by atoms with E-state index < -0.39 is 11.0 Å². The Bertz CT molecular complexity index is 709. The lowest BCUT2D eigenvalue weighted by molar-refractivity contribution is -0.384. The molecule has 0 heterocycles. The highest BCUT2D eigenvalue weighted by Gasteiger charge is 2.08. The first-order valence-corrected chi connectivity index (χ1v) is 6.90. The number of nitrogens with zero attached hydrogens (tertiary/aromatic N) is 1. The van der Waals surface area contributed by atoms with Gasteiger partial charge in [-0.1, -0.05) is 17.7 Å². The minimum atomic E-state index is -0.530. The summed E-state index contributed by atoms with van der Waals surface area (Å²) in [6.45, 7) is 0. The Balaban J connectivity index is 2.06. The van der Waals surface area contributed by atoms with Crippen LogP contribution in [0.2, 0.25) is 5.02 Å². The Hall–Kier alpha value is -2.12. The third kappa shape index (κ3) is 4.17. The lowest BCUT2D eigenvalue weighted by atomic mass is 10.3. The molecular weight excluding hydrogens is 362 g/mol. The van der Waals surface area contributed by atoms with Crippen molar-refractivity contribution in [3.05, 3.63) is 62.1 Å². The maximum atomic E-state index is 11.8. The molecular formula is C13H9BrClN3O3. The van der Waals surface area contributed by atoms with Crippen LogP contribution in [0.15, 0.2) is 46.9 Å². The second-order valence-electron chi connectivity index (χ2n) is 4.02. The van der Waals surface area contributed by atoms with Gasteiger partial charge in [-0.3, -0.25) is 10.1 Å². The average Bonchev–Trinajstić information content (AvgIpc) is 2.43. The molecule has 2 rings (SSSR count). The molecule has 0 aromatic heterocycles. The summed E-state index contributed by atoms with van der Waals surface area (Å²) in [6.07, 6.45) is 0. The first-order chi connectivity index (χ1) is 9.95. The molecule has 0 atom stereocenters. The highest BCUT2D eigenvalue weighted by molar-refractivity contribution is 9.10. The van der Waals surface area contributed by atoms with Crippen LogP contribution in [0.4, 0.5) is 21.9 Å². The number of hydrogen-bond donors (Lipinski definition) is 2. The monoisotopic (exact) mass is 369 g/mol. The van der Waals surface area contributed by atoms with Crippen LogP contribution in [0, 0.1) is 10.1 Å². The fourth-order valence-corrected chi connectivity index (χ4v) is 1.99. The third-order valence-corrected chi connectivity index (χ3v) is 3.72. The van der Waals surface area contributed by atoms with Gasteiger partial charge in [-0.2, -0.15) is 0 Å². The lowest BCUT2D eigenvalue weighted by Gasteiger charge is -2.08. The molecule has 0 aliphatic heterocycles. The van der Waals surface area contributed by atoms with E-state index >= 15 is 0 Å². The summed E-state index contributed by atoms with van der Waals surface area (Å²) >= 11 is 9.17. The van der Waals surface area contributed by atoms with Crippen molar-refractivity contribution in [2.45, 2.75) is 0 Å². The molecule has 0 saturated heterocycles. The second kappa shape index (κ2) is 6.55. The van der Waals surface area contributed by atoms with Crippen LogP contribution in [0.25, 0.3) is 0 Å². The lowest BCUT2D eigenvalue weighted by Crippen LogP contribution is -2.19. The molecule has 2 aromatic rings. The maximum Gasteiger partial charge on any atom is 0.323 e. The summed E-state index contributed by atoms with van der Waals surface area (Å²) in [6, 6.07) is 10.1. The standard InChI is InChI=1S/C13H9BrClN3O3/c14-11-5-4-9(7-12(11)15)17-13(19)16-8-2-1-3-10(6-8)18(20)21/h1-7H,(H2,16,17,19). The molecule has 0 unspecified atom stereocenters. The largest absolute Gasteiger partial charge is 0.323 e. The van der Waals surface area contributed by atoms with Crippen LogP contribution < -0.4 is 10.6 Å². The summed E-state index contributed by atoms with van der Waals surface area (Å²) in [5, 5.41) is 16.2. The van der Waals surface area contributed by atoms with Gasteiger partial charge in [0.15, 0.2) is 0 Å². The first-order valence-electron chi connectivity index (χ1n) is 5.73. The second-order valence-corrected chi connectivity index (χ2v) is 5.28. The average molecular weight is 371 g/mol. The van der Waals surface area contributed by atoms with Crippen molar-refractivity contribution in [1.29, 1.82) is 0 Å². The molecule has 2 amide bonds. The summed E-state index contributed by atoms with van der Waals surface area (Å²) in [5.74, 6) is 0. The number of hydrogen-bond acceptors (Lipinski definition) is 3. The van der Waals surface area contributed by atoms with Gasteiger partial charge < -0.3 is 10.6 Å². The van der Waals surface area contributed by atoms with Gasteiger partial charge in [0.2, 0.25) is 0 Å². The first kappa shape index (κ1) is 15.3. The van der Waals surface area contributed by atoms with E-state index in [-0.39, 0.29) is 5.69 Å². The molecule has 108 valence electrons. The zero-order valence-electron chi connectivity index (χ0n) is 10.5. The van der Waals surface area contributed by atoms with Crippen LogP contribution in [-0.2, 0) is 0 Å². The quantitative estimate of drug-likeness (QED) is 0.609. The number of anilines is 2. The van der Waals surface area contributed by atoms with Gasteiger partial charge in [-0.05, 0) is 40.2 Å².